The summed E-state index contributed by atoms with van der Waals surface area (Å²) in [5.41, 5.74) is -1.43. The van der Waals surface area contributed by atoms with E-state index in [9.17, 15) is 9.90 Å². The molecule has 3 heteroatoms. The Bertz CT molecular complexity index is 248. The number of unbranched alkanes of at least 4 members (excludes halogenated alkanes) is 7. The van der Waals surface area contributed by atoms with E-state index in [-0.39, 0.29) is 5.92 Å². The van der Waals surface area contributed by atoms with Crippen LogP contribution in [0.25, 0.3) is 0 Å². The number of carboxylic acid groups (broad SMARTS) is 1. The monoisotopic (exact) mass is 256 g/mol. The highest BCUT2D eigenvalue weighted by molar-refractivity contribution is 5.78. The van der Waals surface area contributed by atoms with Gasteiger partial charge in [0.2, 0.25) is 0 Å². The van der Waals surface area contributed by atoms with Gasteiger partial charge in [0.15, 0.2) is 5.60 Å². The molecule has 1 aliphatic rings. The van der Waals surface area contributed by atoms with Crippen molar-refractivity contribution < 1.29 is 15.0 Å². The second-order valence-electron chi connectivity index (χ2n) is 5.73. The van der Waals surface area contributed by atoms with E-state index in [1.54, 1.807) is 0 Å². The maximum absolute atomic E-state index is 11.1. The van der Waals surface area contributed by atoms with E-state index < -0.39 is 11.6 Å². The molecule has 1 atom stereocenters. The van der Waals surface area contributed by atoms with E-state index >= 15 is 0 Å². The predicted molar refractivity (Wildman–Crippen MR) is 72.5 cm³/mol. The molecule has 1 saturated carbocycles. The van der Waals surface area contributed by atoms with Crippen LogP contribution in [0.2, 0.25) is 0 Å². The average Bonchev–Trinajstić information content (AvgIpc) is 3.16. The van der Waals surface area contributed by atoms with Crippen LogP contribution in [0.15, 0.2) is 0 Å². The van der Waals surface area contributed by atoms with Gasteiger partial charge in [0.1, 0.15) is 0 Å². The lowest BCUT2D eigenvalue weighted by Gasteiger charge is -2.22. The number of carbonyl (C=O) groups is 1. The molecule has 1 fully saturated rings. The van der Waals surface area contributed by atoms with Crippen molar-refractivity contribution >= 4 is 5.97 Å². The van der Waals surface area contributed by atoms with Crippen molar-refractivity contribution in [3.63, 3.8) is 0 Å². The third kappa shape index (κ3) is 4.97. The molecule has 0 radical (unpaired) electrons. The van der Waals surface area contributed by atoms with Gasteiger partial charge in [-0.05, 0) is 31.6 Å². The van der Waals surface area contributed by atoms with E-state index in [2.05, 4.69) is 6.92 Å². The molecule has 0 heterocycles. The minimum Gasteiger partial charge on any atom is -0.479 e. The molecule has 0 saturated heterocycles. The van der Waals surface area contributed by atoms with Crippen molar-refractivity contribution in [3.8, 4) is 0 Å². The Hall–Kier alpha value is -0.570. The van der Waals surface area contributed by atoms with Gasteiger partial charge < -0.3 is 10.2 Å². The van der Waals surface area contributed by atoms with Crippen molar-refractivity contribution in [2.24, 2.45) is 5.92 Å². The number of hydrogen-bond acceptors (Lipinski definition) is 2. The van der Waals surface area contributed by atoms with E-state index in [1.807, 2.05) is 0 Å². The van der Waals surface area contributed by atoms with Crippen LogP contribution in [0.1, 0.15) is 77.6 Å². The first kappa shape index (κ1) is 15.5. The summed E-state index contributed by atoms with van der Waals surface area (Å²) in [5.74, 6) is -1.01. The molecule has 1 rings (SSSR count). The van der Waals surface area contributed by atoms with Gasteiger partial charge in [-0.1, -0.05) is 51.9 Å². The number of rotatable bonds is 11. The van der Waals surface area contributed by atoms with Crippen molar-refractivity contribution in [2.75, 3.05) is 0 Å². The maximum atomic E-state index is 11.1. The first-order valence-corrected chi connectivity index (χ1v) is 7.57. The van der Waals surface area contributed by atoms with Crippen LogP contribution >= 0.6 is 0 Å². The van der Waals surface area contributed by atoms with E-state index in [0.29, 0.717) is 6.42 Å². The Morgan fingerprint density at radius 1 is 1.06 bits per heavy atom. The third-order valence-corrected chi connectivity index (χ3v) is 4.03. The summed E-state index contributed by atoms with van der Waals surface area (Å²) < 4.78 is 0. The van der Waals surface area contributed by atoms with Crippen molar-refractivity contribution in [3.05, 3.63) is 0 Å². The van der Waals surface area contributed by atoms with E-state index in [0.717, 1.165) is 25.7 Å². The topological polar surface area (TPSA) is 57.5 Å². The summed E-state index contributed by atoms with van der Waals surface area (Å²) in [5, 5.41) is 19.2. The van der Waals surface area contributed by atoms with Crippen LogP contribution in [0.4, 0.5) is 0 Å². The maximum Gasteiger partial charge on any atom is 0.335 e. The molecule has 1 aliphatic carbocycles. The SMILES string of the molecule is CCCCCCCCCCC(O)(C(=O)O)C1CC1. The number of carboxylic acids is 1. The Kier molecular flexibility index (Phi) is 6.69. The fourth-order valence-electron chi connectivity index (χ4n) is 2.57. The van der Waals surface area contributed by atoms with Crippen molar-refractivity contribution in [2.45, 2.75) is 83.2 Å². The lowest BCUT2D eigenvalue weighted by molar-refractivity contribution is -0.162. The summed E-state index contributed by atoms with van der Waals surface area (Å²) in [4.78, 5) is 11.1. The number of aliphatic hydroxyl groups is 1. The highest BCUT2D eigenvalue weighted by Gasteiger charge is 2.49. The van der Waals surface area contributed by atoms with Crippen molar-refractivity contribution in [1.82, 2.24) is 0 Å². The Balaban J connectivity index is 2.04. The molecular weight excluding hydrogens is 228 g/mol. The van der Waals surface area contributed by atoms with E-state index in [4.69, 9.17) is 5.11 Å². The van der Waals surface area contributed by atoms with Crippen LogP contribution in [-0.2, 0) is 4.79 Å². The van der Waals surface area contributed by atoms with Crippen LogP contribution in [0.5, 0.6) is 0 Å². The number of hydrogen-bond donors (Lipinski definition) is 2. The second kappa shape index (κ2) is 7.78. The molecule has 3 nitrogen and oxygen atoms in total. The first-order chi connectivity index (χ1) is 8.61. The zero-order valence-electron chi connectivity index (χ0n) is 11.7. The zero-order chi connectivity index (χ0) is 13.4. The van der Waals surface area contributed by atoms with Gasteiger partial charge in [0.25, 0.3) is 0 Å². The molecule has 0 aromatic heterocycles. The highest BCUT2D eigenvalue weighted by Crippen LogP contribution is 2.42. The molecule has 0 spiro atoms. The van der Waals surface area contributed by atoms with E-state index in [1.165, 1.54) is 38.5 Å². The predicted octanol–water partition coefficient (Wildman–Crippen LogP) is 3.74. The van der Waals surface area contributed by atoms with Crippen LogP contribution in [0.3, 0.4) is 0 Å². The molecule has 0 amide bonds. The second-order valence-corrected chi connectivity index (χ2v) is 5.73. The van der Waals surface area contributed by atoms with Gasteiger partial charge in [-0.25, -0.2) is 4.79 Å². The van der Waals surface area contributed by atoms with Crippen LogP contribution < -0.4 is 0 Å². The fraction of sp³-hybridized carbons (Fsp3) is 0.933. The van der Waals surface area contributed by atoms with Gasteiger partial charge in [-0.3, -0.25) is 0 Å². The molecule has 0 aliphatic heterocycles. The third-order valence-electron chi connectivity index (χ3n) is 4.03. The molecule has 0 aromatic carbocycles. The molecule has 2 N–H and O–H groups in total. The van der Waals surface area contributed by atoms with Gasteiger partial charge in [0, 0.05) is 0 Å². The average molecular weight is 256 g/mol. The highest BCUT2D eigenvalue weighted by atomic mass is 16.4. The van der Waals surface area contributed by atoms with Crippen LogP contribution in [-0.4, -0.2) is 21.8 Å². The molecule has 106 valence electrons. The lowest BCUT2D eigenvalue weighted by atomic mass is 9.91. The Labute approximate surface area is 111 Å². The largest absolute Gasteiger partial charge is 0.479 e. The summed E-state index contributed by atoms with van der Waals surface area (Å²) in [7, 11) is 0. The summed E-state index contributed by atoms with van der Waals surface area (Å²) in [6.07, 6.45) is 11.7. The Morgan fingerprint density at radius 2 is 1.56 bits per heavy atom. The fourth-order valence-corrected chi connectivity index (χ4v) is 2.57. The molecular formula is C15H28O3. The van der Waals surface area contributed by atoms with Crippen molar-refractivity contribution in [1.29, 1.82) is 0 Å². The number of aliphatic carboxylic acids is 1. The summed E-state index contributed by atoms with van der Waals surface area (Å²) in [6, 6.07) is 0. The first-order valence-electron chi connectivity index (χ1n) is 7.57. The van der Waals surface area contributed by atoms with Gasteiger partial charge >= 0.3 is 5.97 Å². The molecule has 0 bridgehead atoms. The van der Waals surface area contributed by atoms with Gasteiger partial charge in [-0.15, -0.1) is 0 Å². The standard InChI is InChI=1S/C15H28O3/c1-2-3-4-5-6-7-8-9-12-15(18,14(16)17)13-10-11-13/h13,18H,2-12H2,1H3,(H,16,17). The molecule has 1 unspecified atom stereocenters. The normalized spacial score (nSPS) is 18.6. The minimum atomic E-state index is -1.43. The minimum absolute atomic E-state index is 0.0135. The molecule has 18 heavy (non-hydrogen) atoms. The smallest absolute Gasteiger partial charge is 0.335 e. The zero-order valence-corrected chi connectivity index (χ0v) is 11.7. The molecule has 0 aromatic rings. The quantitative estimate of drug-likeness (QED) is 0.554. The summed E-state index contributed by atoms with van der Waals surface area (Å²) in [6.45, 7) is 2.21. The Morgan fingerprint density at radius 3 is 2.00 bits per heavy atom. The van der Waals surface area contributed by atoms with Gasteiger partial charge in [-0.2, -0.15) is 0 Å². The van der Waals surface area contributed by atoms with Crippen LogP contribution in [0, 0.1) is 5.92 Å². The lowest BCUT2D eigenvalue weighted by Crippen LogP contribution is -2.40. The summed E-state index contributed by atoms with van der Waals surface area (Å²) >= 11 is 0. The van der Waals surface area contributed by atoms with Gasteiger partial charge in [0.05, 0.1) is 0 Å².